The van der Waals surface area contributed by atoms with Crippen LogP contribution in [0.15, 0.2) is 72.8 Å². The Morgan fingerprint density at radius 2 is 1.88 bits per heavy atom. The summed E-state index contributed by atoms with van der Waals surface area (Å²) >= 11 is 0. The normalized spacial score (nSPS) is 24.6. The number of halogens is 1. The van der Waals surface area contributed by atoms with E-state index in [0.717, 1.165) is 53.0 Å². The maximum absolute atomic E-state index is 14.0. The highest BCUT2D eigenvalue weighted by Gasteiger charge is 2.57. The number of aromatic amines is 1. The van der Waals surface area contributed by atoms with Crippen LogP contribution in [-0.2, 0) is 24.8 Å². The van der Waals surface area contributed by atoms with Crippen LogP contribution in [0, 0.1) is 5.82 Å². The molecule has 5 heteroatoms. The van der Waals surface area contributed by atoms with Gasteiger partial charge in [-0.05, 0) is 60.0 Å². The third kappa shape index (κ3) is 3.34. The number of aliphatic hydroxyl groups is 1. The van der Waals surface area contributed by atoms with Crippen molar-refractivity contribution in [1.82, 2.24) is 9.88 Å². The van der Waals surface area contributed by atoms with E-state index in [4.69, 9.17) is 4.74 Å². The number of hydrogen-bond donors (Lipinski definition) is 2. The number of nitrogens with one attached hydrogen (secondary N) is 1. The fraction of sp³-hybridized carbons (Fsp3) is 0.310. The molecular formula is C29H29FN2O2. The van der Waals surface area contributed by atoms with Crippen LogP contribution in [-0.4, -0.2) is 40.8 Å². The number of aromatic nitrogens is 1. The van der Waals surface area contributed by atoms with Crippen molar-refractivity contribution in [2.75, 3.05) is 20.2 Å². The summed E-state index contributed by atoms with van der Waals surface area (Å²) in [6.07, 6.45) is 2.03. The minimum absolute atomic E-state index is 0.251. The summed E-state index contributed by atoms with van der Waals surface area (Å²) in [6.45, 7) is 2.27. The highest BCUT2D eigenvalue weighted by atomic mass is 19.1. The number of β-amino-alcohol motifs (C(OH)–C–C–N with tert-alkyl or cyclic N) is 1. The molecule has 0 unspecified atom stereocenters. The van der Waals surface area contributed by atoms with Gasteiger partial charge in [-0.2, -0.15) is 0 Å². The molecule has 1 aliphatic carbocycles. The summed E-state index contributed by atoms with van der Waals surface area (Å²) in [5.41, 5.74) is 3.93. The standard InChI is InChI=1S/C29H29FN2O2/c1-34-23-9-5-8-21(14-23)28-12-13-32(18-20-6-3-2-4-7-20)19-29(28,33)16-25-24-11-10-22(30)15-26(24)31-27(25)17-28/h2-11,14-15,31,33H,12-13,16-19H2,1H3/t28-,29-/m0/s1. The van der Waals surface area contributed by atoms with Crippen molar-refractivity contribution in [2.45, 2.75) is 36.8 Å². The molecule has 2 heterocycles. The van der Waals surface area contributed by atoms with Crippen LogP contribution < -0.4 is 4.74 Å². The van der Waals surface area contributed by atoms with E-state index in [1.165, 1.54) is 11.6 Å². The van der Waals surface area contributed by atoms with Gasteiger partial charge in [0.15, 0.2) is 0 Å². The summed E-state index contributed by atoms with van der Waals surface area (Å²) in [4.78, 5) is 5.85. The number of benzene rings is 3. The Hall–Kier alpha value is -3.15. The van der Waals surface area contributed by atoms with Gasteiger partial charge >= 0.3 is 0 Å². The minimum atomic E-state index is -0.969. The van der Waals surface area contributed by atoms with Gasteiger partial charge in [-0.3, -0.25) is 4.90 Å². The summed E-state index contributed by atoms with van der Waals surface area (Å²) < 4.78 is 19.5. The molecule has 0 radical (unpaired) electrons. The average molecular weight is 457 g/mol. The van der Waals surface area contributed by atoms with E-state index in [1.54, 1.807) is 13.2 Å². The number of fused-ring (bicyclic) bond motifs is 4. The fourth-order valence-electron chi connectivity index (χ4n) is 6.30. The van der Waals surface area contributed by atoms with Gasteiger partial charge in [-0.1, -0.05) is 42.5 Å². The van der Waals surface area contributed by atoms with Crippen LogP contribution in [0.5, 0.6) is 5.75 Å². The molecule has 0 amide bonds. The number of ether oxygens (including phenoxy) is 1. The molecule has 0 bridgehead atoms. The predicted octanol–water partition coefficient (Wildman–Crippen LogP) is 4.99. The summed E-state index contributed by atoms with van der Waals surface area (Å²) in [5, 5.41) is 13.5. The molecule has 1 aromatic heterocycles. The first-order valence-corrected chi connectivity index (χ1v) is 11.9. The third-order valence-corrected chi connectivity index (χ3v) is 8.01. The lowest BCUT2D eigenvalue weighted by Gasteiger charge is -2.56. The molecular weight excluding hydrogens is 427 g/mol. The number of likely N-dealkylation sites (tertiary alicyclic amines) is 1. The molecule has 0 spiro atoms. The van der Waals surface area contributed by atoms with Gasteiger partial charge in [0, 0.05) is 47.9 Å². The van der Waals surface area contributed by atoms with Crippen LogP contribution >= 0.6 is 0 Å². The number of hydrogen-bond acceptors (Lipinski definition) is 3. The zero-order valence-corrected chi connectivity index (χ0v) is 19.4. The summed E-state index contributed by atoms with van der Waals surface area (Å²) in [5.74, 6) is 0.546. The summed E-state index contributed by atoms with van der Waals surface area (Å²) in [6, 6.07) is 23.5. The average Bonchev–Trinajstić information content (AvgIpc) is 3.18. The second-order valence-corrected chi connectivity index (χ2v) is 9.92. The Morgan fingerprint density at radius 1 is 1.03 bits per heavy atom. The van der Waals surface area contributed by atoms with Crippen LogP contribution in [0.3, 0.4) is 0 Å². The fourth-order valence-corrected chi connectivity index (χ4v) is 6.30. The van der Waals surface area contributed by atoms with E-state index >= 15 is 0 Å². The number of nitrogens with zero attached hydrogens (tertiary/aromatic N) is 1. The smallest absolute Gasteiger partial charge is 0.125 e. The summed E-state index contributed by atoms with van der Waals surface area (Å²) in [7, 11) is 1.68. The molecule has 4 aromatic rings. The van der Waals surface area contributed by atoms with Crippen LogP contribution in [0.2, 0.25) is 0 Å². The first kappa shape index (κ1) is 21.4. The Kier molecular flexibility index (Phi) is 5.01. The molecule has 6 rings (SSSR count). The Labute approximate surface area is 199 Å². The second-order valence-electron chi connectivity index (χ2n) is 9.92. The Balaban J connectivity index is 1.46. The maximum Gasteiger partial charge on any atom is 0.125 e. The van der Waals surface area contributed by atoms with Gasteiger partial charge in [0.2, 0.25) is 0 Å². The molecule has 1 aliphatic heterocycles. The van der Waals surface area contributed by atoms with E-state index in [-0.39, 0.29) is 5.82 Å². The molecule has 2 atom stereocenters. The number of methoxy groups -OCH3 is 1. The zero-order valence-electron chi connectivity index (χ0n) is 19.4. The SMILES string of the molecule is COc1cccc([C@@]23CCN(Cc4ccccc4)C[C@@]2(O)Cc2c([nH]c4cc(F)ccc24)C3)c1. The van der Waals surface area contributed by atoms with Crippen molar-refractivity contribution >= 4 is 10.9 Å². The Bertz CT molecular complexity index is 1350. The lowest BCUT2D eigenvalue weighted by Crippen LogP contribution is -2.66. The largest absolute Gasteiger partial charge is 0.497 e. The molecule has 4 nitrogen and oxygen atoms in total. The lowest BCUT2D eigenvalue weighted by atomic mass is 9.56. The Morgan fingerprint density at radius 3 is 2.71 bits per heavy atom. The molecule has 0 saturated carbocycles. The lowest BCUT2D eigenvalue weighted by molar-refractivity contribution is -0.105. The molecule has 1 fully saturated rings. The van der Waals surface area contributed by atoms with Gasteiger partial charge in [0.25, 0.3) is 0 Å². The number of H-pyrrole nitrogens is 1. The first-order valence-electron chi connectivity index (χ1n) is 11.9. The van der Waals surface area contributed by atoms with Crippen LogP contribution in [0.4, 0.5) is 4.39 Å². The van der Waals surface area contributed by atoms with Gasteiger partial charge in [0.1, 0.15) is 11.6 Å². The molecule has 3 aromatic carbocycles. The van der Waals surface area contributed by atoms with Crippen LogP contribution in [0.1, 0.15) is 28.8 Å². The minimum Gasteiger partial charge on any atom is -0.497 e. The van der Waals surface area contributed by atoms with Crippen LogP contribution in [0.25, 0.3) is 10.9 Å². The highest BCUT2D eigenvalue weighted by molar-refractivity contribution is 5.85. The van der Waals surface area contributed by atoms with E-state index in [2.05, 4.69) is 46.3 Å². The van der Waals surface area contributed by atoms with E-state index < -0.39 is 11.0 Å². The highest BCUT2D eigenvalue weighted by Crippen LogP contribution is 2.52. The molecule has 174 valence electrons. The van der Waals surface area contributed by atoms with Gasteiger partial charge in [0.05, 0.1) is 12.7 Å². The predicted molar refractivity (Wildman–Crippen MR) is 132 cm³/mol. The molecule has 2 N–H and O–H groups in total. The van der Waals surface area contributed by atoms with E-state index in [9.17, 15) is 9.50 Å². The number of rotatable bonds is 4. The molecule has 1 saturated heterocycles. The van der Waals surface area contributed by atoms with E-state index in [0.29, 0.717) is 19.4 Å². The van der Waals surface area contributed by atoms with Crippen molar-refractivity contribution in [3.05, 3.63) is 101 Å². The van der Waals surface area contributed by atoms with Gasteiger partial charge < -0.3 is 14.8 Å². The second kappa shape index (κ2) is 7.97. The molecule has 2 aliphatic rings. The van der Waals surface area contributed by atoms with Crippen molar-refractivity contribution < 1.29 is 14.2 Å². The topological polar surface area (TPSA) is 48.5 Å². The molecule has 34 heavy (non-hydrogen) atoms. The van der Waals surface area contributed by atoms with Gasteiger partial charge in [-0.25, -0.2) is 4.39 Å². The first-order chi connectivity index (χ1) is 16.5. The quantitative estimate of drug-likeness (QED) is 0.455. The van der Waals surface area contributed by atoms with Gasteiger partial charge in [-0.15, -0.1) is 0 Å². The van der Waals surface area contributed by atoms with Crippen molar-refractivity contribution in [1.29, 1.82) is 0 Å². The van der Waals surface area contributed by atoms with E-state index in [1.807, 2.05) is 24.3 Å². The van der Waals surface area contributed by atoms with Crippen molar-refractivity contribution in [3.63, 3.8) is 0 Å². The van der Waals surface area contributed by atoms with Crippen molar-refractivity contribution in [3.8, 4) is 5.75 Å². The van der Waals surface area contributed by atoms with Crippen molar-refractivity contribution in [2.24, 2.45) is 0 Å². The maximum atomic E-state index is 14.0. The monoisotopic (exact) mass is 456 g/mol. The zero-order chi connectivity index (χ0) is 23.3. The third-order valence-electron chi connectivity index (χ3n) is 8.01. The number of piperidine rings is 1.